The summed E-state index contributed by atoms with van der Waals surface area (Å²) >= 11 is 0. The molecule has 1 unspecified atom stereocenters. The van der Waals surface area contributed by atoms with Crippen molar-refractivity contribution in [3.05, 3.63) is 95.2 Å². The lowest BCUT2D eigenvalue weighted by Crippen LogP contribution is -2.17. The van der Waals surface area contributed by atoms with E-state index in [1.165, 1.54) is 0 Å². The highest BCUT2D eigenvalue weighted by atomic mass is 32.2. The van der Waals surface area contributed by atoms with Crippen LogP contribution in [0.5, 0.6) is 0 Å². The third-order valence-electron chi connectivity index (χ3n) is 6.08. The number of para-hydroxylation sites is 1. The number of fused-ring (bicyclic) bond motifs is 1. The van der Waals surface area contributed by atoms with Gasteiger partial charge in [0.2, 0.25) is 0 Å². The maximum atomic E-state index is 14.0. The Balaban J connectivity index is 2.01. The number of aromatic nitrogens is 1. The van der Waals surface area contributed by atoms with Crippen molar-refractivity contribution in [2.75, 3.05) is 19.0 Å². The van der Waals surface area contributed by atoms with Gasteiger partial charge in [0.05, 0.1) is 4.90 Å². The van der Waals surface area contributed by atoms with Crippen LogP contribution in [0.15, 0.2) is 77.7 Å². The summed E-state index contributed by atoms with van der Waals surface area (Å²) in [7, 11) is 2.26. The molecule has 0 aliphatic carbocycles. The number of rotatable bonds is 5. The lowest BCUT2D eigenvalue weighted by Gasteiger charge is -2.21. The second-order valence-electron chi connectivity index (χ2n) is 8.30. The van der Waals surface area contributed by atoms with Gasteiger partial charge in [-0.25, -0.2) is 8.42 Å². The monoisotopic (exact) mass is 432 g/mol. The number of nitrogens with zero attached hydrogens (tertiary/aromatic N) is 2. The van der Waals surface area contributed by atoms with Crippen molar-refractivity contribution in [2.24, 2.45) is 7.05 Å². The molecule has 3 aromatic carbocycles. The van der Waals surface area contributed by atoms with Crippen LogP contribution >= 0.6 is 0 Å². The van der Waals surface area contributed by atoms with Crippen LogP contribution in [0.1, 0.15) is 27.6 Å². The summed E-state index contributed by atoms with van der Waals surface area (Å²) in [6, 6.07) is 23.0. The van der Waals surface area contributed by atoms with Gasteiger partial charge in [0, 0.05) is 49.0 Å². The first-order valence-corrected chi connectivity index (χ1v) is 11.9. The van der Waals surface area contributed by atoms with Gasteiger partial charge in [-0.15, -0.1) is 0 Å². The molecule has 160 valence electrons. The second-order valence-corrected chi connectivity index (χ2v) is 10.3. The molecule has 4 nitrogen and oxygen atoms in total. The first-order valence-electron chi connectivity index (χ1n) is 10.3. The fourth-order valence-corrected chi connectivity index (χ4v) is 6.10. The molecule has 0 bridgehead atoms. The zero-order valence-corrected chi connectivity index (χ0v) is 19.4. The molecular formula is C26H28N2O2S. The SMILES string of the molecule is Cc1ccc(S(=O)(=O)C(c2ccc(N(C)C)cc2)c2c(C)n(C)c3ccccc23)cc1. The number of hydrogen-bond acceptors (Lipinski definition) is 3. The molecule has 0 amide bonds. The van der Waals surface area contributed by atoms with Gasteiger partial charge in [0.15, 0.2) is 9.84 Å². The smallest absolute Gasteiger partial charge is 0.189 e. The Kier molecular flexibility index (Phi) is 5.40. The molecular weight excluding hydrogens is 404 g/mol. The third kappa shape index (κ3) is 3.63. The lowest BCUT2D eigenvalue weighted by molar-refractivity contribution is 0.589. The summed E-state index contributed by atoms with van der Waals surface area (Å²) in [5, 5.41) is 0.178. The minimum atomic E-state index is -3.68. The van der Waals surface area contributed by atoms with Crippen LogP contribution in [-0.4, -0.2) is 27.1 Å². The Hall–Kier alpha value is -3.05. The van der Waals surface area contributed by atoms with Gasteiger partial charge in [0.1, 0.15) is 5.25 Å². The van der Waals surface area contributed by atoms with Crippen molar-refractivity contribution in [1.29, 1.82) is 0 Å². The fraction of sp³-hybridized carbons (Fsp3) is 0.231. The van der Waals surface area contributed by atoms with Gasteiger partial charge >= 0.3 is 0 Å². The van der Waals surface area contributed by atoms with E-state index in [2.05, 4.69) is 4.57 Å². The van der Waals surface area contributed by atoms with E-state index >= 15 is 0 Å². The van der Waals surface area contributed by atoms with Crippen molar-refractivity contribution in [2.45, 2.75) is 24.0 Å². The average Bonchev–Trinajstić information content (AvgIpc) is 3.00. The van der Waals surface area contributed by atoms with Gasteiger partial charge < -0.3 is 9.47 Å². The van der Waals surface area contributed by atoms with Gasteiger partial charge in [-0.3, -0.25) is 0 Å². The average molecular weight is 433 g/mol. The standard InChI is InChI=1S/C26H28N2O2S/c1-18-10-16-22(17-11-18)31(29,30)26(20-12-14-21(15-13-20)27(3)4)25-19(2)28(5)24-9-7-6-8-23(24)25/h6-17,26H,1-5H3. The molecule has 1 atom stereocenters. The van der Waals surface area contributed by atoms with Gasteiger partial charge in [-0.05, 0) is 49.7 Å². The molecule has 0 N–H and O–H groups in total. The Morgan fingerprint density at radius 3 is 2.06 bits per heavy atom. The van der Waals surface area contributed by atoms with E-state index in [0.29, 0.717) is 4.90 Å². The van der Waals surface area contributed by atoms with Crippen LogP contribution < -0.4 is 4.90 Å². The highest BCUT2D eigenvalue weighted by Gasteiger charge is 2.34. The van der Waals surface area contributed by atoms with Crippen LogP contribution in [0.3, 0.4) is 0 Å². The number of anilines is 1. The lowest BCUT2D eigenvalue weighted by atomic mass is 10.0. The second kappa shape index (κ2) is 7.89. The van der Waals surface area contributed by atoms with Gasteiger partial charge in [-0.1, -0.05) is 48.0 Å². The summed E-state index contributed by atoms with van der Waals surface area (Å²) in [6.07, 6.45) is 0. The van der Waals surface area contributed by atoms with Gasteiger partial charge in [0.25, 0.3) is 0 Å². The van der Waals surface area contributed by atoms with Crippen molar-refractivity contribution in [3.8, 4) is 0 Å². The van der Waals surface area contributed by atoms with Crippen molar-refractivity contribution in [3.63, 3.8) is 0 Å². The molecule has 4 rings (SSSR count). The molecule has 0 radical (unpaired) electrons. The number of hydrogen-bond donors (Lipinski definition) is 0. The van der Waals surface area contributed by atoms with E-state index in [0.717, 1.165) is 39.0 Å². The minimum Gasteiger partial charge on any atom is -0.378 e. The Bertz CT molecular complexity index is 1330. The first-order chi connectivity index (χ1) is 14.7. The normalized spacial score (nSPS) is 12.8. The molecule has 0 saturated carbocycles. The molecule has 5 heteroatoms. The zero-order valence-electron chi connectivity index (χ0n) is 18.6. The number of aryl methyl sites for hydroxylation is 2. The fourth-order valence-electron chi connectivity index (χ4n) is 4.19. The number of benzene rings is 3. The van der Waals surface area contributed by atoms with Crippen molar-refractivity contribution in [1.82, 2.24) is 4.57 Å². The molecule has 31 heavy (non-hydrogen) atoms. The summed E-state index contributed by atoms with van der Waals surface area (Å²) in [5.41, 5.74) is 5.67. The van der Waals surface area contributed by atoms with Gasteiger partial charge in [-0.2, -0.15) is 0 Å². The summed E-state index contributed by atoms with van der Waals surface area (Å²) < 4.78 is 30.2. The molecule has 4 aromatic rings. The first kappa shape index (κ1) is 21.2. The predicted molar refractivity (Wildman–Crippen MR) is 129 cm³/mol. The van der Waals surface area contributed by atoms with E-state index in [4.69, 9.17) is 0 Å². The van der Waals surface area contributed by atoms with E-state index in [1.54, 1.807) is 12.1 Å². The number of sulfone groups is 1. The Morgan fingerprint density at radius 2 is 1.45 bits per heavy atom. The van der Waals surface area contributed by atoms with E-state index < -0.39 is 15.1 Å². The van der Waals surface area contributed by atoms with Crippen molar-refractivity contribution < 1.29 is 8.42 Å². The quantitative estimate of drug-likeness (QED) is 0.423. The third-order valence-corrected chi connectivity index (χ3v) is 8.14. The maximum absolute atomic E-state index is 14.0. The van der Waals surface area contributed by atoms with Crippen LogP contribution in [0.2, 0.25) is 0 Å². The highest BCUT2D eigenvalue weighted by Crippen LogP contribution is 2.41. The summed E-state index contributed by atoms with van der Waals surface area (Å²) in [4.78, 5) is 2.35. The molecule has 0 aliphatic heterocycles. The molecule has 0 fully saturated rings. The van der Waals surface area contributed by atoms with Crippen LogP contribution in [0.25, 0.3) is 10.9 Å². The van der Waals surface area contributed by atoms with E-state index in [1.807, 2.05) is 101 Å². The highest BCUT2D eigenvalue weighted by molar-refractivity contribution is 7.92. The minimum absolute atomic E-state index is 0.340. The van der Waals surface area contributed by atoms with Crippen LogP contribution in [0.4, 0.5) is 5.69 Å². The topological polar surface area (TPSA) is 42.3 Å². The summed E-state index contributed by atoms with van der Waals surface area (Å²) in [6.45, 7) is 3.96. The zero-order chi connectivity index (χ0) is 22.3. The molecule has 0 saturated heterocycles. The summed E-state index contributed by atoms with van der Waals surface area (Å²) in [5.74, 6) is 0. The van der Waals surface area contributed by atoms with Crippen molar-refractivity contribution >= 4 is 26.4 Å². The largest absolute Gasteiger partial charge is 0.378 e. The maximum Gasteiger partial charge on any atom is 0.189 e. The molecule has 1 aromatic heterocycles. The molecule has 1 heterocycles. The van der Waals surface area contributed by atoms with E-state index in [9.17, 15) is 8.42 Å². The molecule has 0 aliphatic rings. The predicted octanol–water partition coefficient (Wildman–Crippen LogP) is 5.42. The van der Waals surface area contributed by atoms with Crippen LogP contribution in [0, 0.1) is 13.8 Å². The molecule has 0 spiro atoms. The Morgan fingerprint density at radius 1 is 0.839 bits per heavy atom. The van der Waals surface area contributed by atoms with E-state index in [-0.39, 0.29) is 0 Å². The Labute approximate surface area is 184 Å². The van der Waals surface area contributed by atoms with Crippen LogP contribution in [-0.2, 0) is 16.9 Å².